The Hall–Kier alpha value is -3.10. The molecule has 25 heavy (non-hydrogen) atoms. The van der Waals surface area contributed by atoms with E-state index in [0.29, 0.717) is 17.0 Å². The van der Waals surface area contributed by atoms with Crippen LogP contribution >= 0.6 is 0 Å². The minimum atomic E-state index is -4.95. The Bertz CT molecular complexity index is 808. The monoisotopic (exact) mass is 353 g/mol. The standard InChI is InChI=1S/C16H14F3N3O3/c1-9-3-8-13(25-9)14(23)22-21-10(2)11-4-6-12(7-5-11)20-15(24)16(17,18)19/h3-8H,1-2H3,(H,20,24)(H,22,23)/b21-10-. The second kappa shape index (κ2) is 7.20. The van der Waals surface area contributed by atoms with Gasteiger partial charge >= 0.3 is 18.0 Å². The van der Waals surface area contributed by atoms with Gasteiger partial charge in [0, 0.05) is 5.69 Å². The van der Waals surface area contributed by atoms with Crippen molar-refractivity contribution in [2.75, 3.05) is 5.32 Å². The van der Waals surface area contributed by atoms with E-state index in [1.54, 1.807) is 25.2 Å². The minimum absolute atomic E-state index is 0.00558. The first-order chi connectivity index (χ1) is 11.7. The van der Waals surface area contributed by atoms with E-state index in [4.69, 9.17) is 4.42 Å². The Balaban J connectivity index is 2.01. The number of alkyl halides is 3. The molecule has 0 aliphatic heterocycles. The summed E-state index contributed by atoms with van der Waals surface area (Å²) in [6.45, 7) is 3.31. The summed E-state index contributed by atoms with van der Waals surface area (Å²) in [5.74, 6) is -1.88. The van der Waals surface area contributed by atoms with Crippen LogP contribution in [-0.2, 0) is 4.79 Å². The fourth-order valence-corrected chi connectivity index (χ4v) is 1.81. The largest absolute Gasteiger partial charge is 0.471 e. The van der Waals surface area contributed by atoms with Crippen molar-refractivity contribution in [2.45, 2.75) is 20.0 Å². The van der Waals surface area contributed by atoms with Gasteiger partial charge in [0.1, 0.15) is 5.76 Å². The third-order valence-corrected chi connectivity index (χ3v) is 3.11. The van der Waals surface area contributed by atoms with E-state index in [9.17, 15) is 22.8 Å². The highest BCUT2D eigenvalue weighted by Gasteiger charge is 2.38. The molecular formula is C16H14F3N3O3. The summed E-state index contributed by atoms with van der Waals surface area (Å²) in [6, 6.07) is 8.68. The highest BCUT2D eigenvalue weighted by molar-refractivity contribution is 6.01. The van der Waals surface area contributed by atoms with Crippen LogP contribution in [0.3, 0.4) is 0 Å². The molecular weight excluding hydrogens is 339 g/mol. The molecule has 0 atom stereocenters. The molecule has 0 radical (unpaired) electrons. The van der Waals surface area contributed by atoms with Gasteiger partial charge in [-0.2, -0.15) is 18.3 Å². The number of hydrazone groups is 1. The van der Waals surface area contributed by atoms with Gasteiger partial charge in [-0.25, -0.2) is 5.43 Å². The highest BCUT2D eigenvalue weighted by atomic mass is 19.4. The van der Waals surface area contributed by atoms with Gasteiger partial charge < -0.3 is 9.73 Å². The van der Waals surface area contributed by atoms with E-state index in [1.165, 1.54) is 30.3 Å². The maximum Gasteiger partial charge on any atom is 0.471 e. The van der Waals surface area contributed by atoms with Crippen LogP contribution in [0.15, 0.2) is 45.9 Å². The van der Waals surface area contributed by atoms with Gasteiger partial charge in [-0.3, -0.25) is 9.59 Å². The van der Waals surface area contributed by atoms with E-state index >= 15 is 0 Å². The zero-order valence-electron chi connectivity index (χ0n) is 13.3. The number of benzene rings is 1. The van der Waals surface area contributed by atoms with Gasteiger partial charge in [0.05, 0.1) is 5.71 Å². The fourth-order valence-electron chi connectivity index (χ4n) is 1.81. The van der Waals surface area contributed by atoms with E-state index in [2.05, 4.69) is 10.5 Å². The lowest BCUT2D eigenvalue weighted by Gasteiger charge is -2.08. The van der Waals surface area contributed by atoms with Crippen LogP contribution in [-0.4, -0.2) is 23.7 Å². The number of carbonyl (C=O) groups excluding carboxylic acids is 2. The number of amides is 2. The van der Waals surface area contributed by atoms with Gasteiger partial charge in [-0.1, -0.05) is 12.1 Å². The molecule has 0 saturated carbocycles. The molecule has 2 aromatic rings. The molecule has 0 fully saturated rings. The second-order valence-corrected chi connectivity index (χ2v) is 5.08. The fraction of sp³-hybridized carbons (Fsp3) is 0.188. The molecule has 2 N–H and O–H groups in total. The molecule has 6 nitrogen and oxygen atoms in total. The van der Waals surface area contributed by atoms with Crippen molar-refractivity contribution in [3.8, 4) is 0 Å². The van der Waals surface area contributed by atoms with Crippen molar-refractivity contribution >= 4 is 23.2 Å². The third-order valence-electron chi connectivity index (χ3n) is 3.11. The molecule has 0 unspecified atom stereocenters. The van der Waals surface area contributed by atoms with Crippen molar-refractivity contribution in [3.05, 3.63) is 53.5 Å². The number of nitrogens with zero attached hydrogens (tertiary/aromatic N) is 1. The molecule has 1 heterocycles. The quantitative estimate of drug-likeness (QED) is 0.654. The van der Waals surface area contributed by atoms with E-state index in [0.717, 1.165) is 0 Å². The Morgan fingerprint density at radius 1 is 1.08 bits per heavy atom. The summed E-state index contributed by atoms with van der Waals surface area (Å²) in [7, 11) is 0. The SMILES string of the molecule is C/C(=N/NC(=O)c1ccc(C)o1)c1ccc(NC(=O)C(F)(F)F)cc1. The number of halogens is 3. The first kappa shape index (κ1) is 18.2. The molecule has 2 amide bonds. The maximum atomic E-state index is 12.2. The normalized spacial score (nSPS) is 12.0. The molecule has 1 aromatic heterocycles. The number of hydrogen-bond acceptors (Lipinski definition) is 4. The number of nitrogens with one attached hydrogen (secondary N) is 2. The molecule has 0 aliphatic rings. The van der Waals surface area contributed by atoms with E-state index < -0.39 is 18.0 Å². The van der Waals surface area contributed by atoms with Crippen molar-refractivity contribution in [2.24, 2.45) is 5.10 Å². The first-order valence-corrected chi connectivity index (χ1v) is 7.06. The summed E-state index contributed by atoms with van der Waals surface area (Å²) >= 11 is 0. The first-order valence-electron chi connectivity index (χ1n) is 7.06. The van der Waals surface area contributed by atoms with Crippen LogP contribution in [0.5, 0.6) is 0 Å². The van der Waals surface area contributed by atoms with Crippen LogP contribution < -0.4 is 10.7 Å². The number of carbonyl (C=O) groups is 2. The molecule has 0 spiro atoms. The summed E-state index contributed by atoms with van der Waals surface area (Å²) in [4.78, 5) is 22.6. The van der Waals surface area contributed by atoms with Crippen LogP contribution in [0.1, 0.15) is 28.8 Å². The Morgan fingerprint density at radius 2 is 1.72 bits per heavy atom. The zero-order chi connectivity index (χ0) is 18.6. The van der Waals surface area contributed by atoms with Crippen LogP contribution in [0, 0.1) is 6.92 Å². The van der Waals surface area contributed by atoms with Crippen LogP contribution in [0.25, 0.3) is 0 Å². The topological polar surface area (TPSA) is 83.7 Å². The Labute approximate surface area is 140 Å². The molecule has 0 saturated heterocycles. The molecule has 0 bridgehead atoms. The average molecular weight is 353 g/mol. The maximum absolute atomic E-state index is 12.2. The summed E-state index contributed by atoms with van der Waals surface area (Å²) < 4.78 is 41.7. The number of furan rings is 1. The molecule has 9 heteroatoms. The number of aryl methyl sites for hydroxylation is 1. The number of rotatable bonds is 4. The van der Waals surface area contributed by atoms with Gasteiger partial charge in [-0.05, 0) is 43.7 Å². The van der Waals surface area contributed by atoms with Crippen LogP contribution in [0.2, 0.25) is 0 Å². The second-order valence-electron chi connectivity index (χ2n) is 5.08. The summed E-state index contributed by atoms with van der Waals surface area (Å²) in [5.41, 5.74) is 3.29. The predicted octanol–water partition coefficient (Wildman–Crippen LogP) is 3.24. The Morgan fingerprint density at radius 3 is 2.24 bits per heavy atom. The number of hydrogen-bond donors (Lipinski definition) is 2. The minimum Gasteiger partial charge on any atom is -0.456 e. The van der Waals surface area contributed by atoms with Gasteiger partial charge in [-0.15, -0.1) is 0 Å². The van der Waals surface area contributed by atoms with Gasteiger partial charge in [0.25, 0.3) is 0 Å². The predicted molar refractivity (Wildman–Crippen MR) is 84.2 cm³/mol. The van der Waals surface area contributed by atoms with Gasteiger partial charge in [0.2, 0.25) is 0 Å². The van der Waals surface area contributed by atoms with Crippen molar-refractivity contribution < 1.29 is 27.2 Å². The van der Waals surface area contributed by atoms with E-state index in [1.807, 2.05) is 0 Å². The third kappa shape index (κ3) is 4.93. The molecule has 1 aromatic carbocycles. The van der Waals surface area contributed by atoms with E-state index in [-0.39, 0.29) is 11.4 Å². The lowest BCUT2D eigenvalue weighted by molar-refractivity contribution is -0.167. The Kier molecular flexibility index (Phi) is 5.26. The van der Waals surface area contributed by atoms with Crippen molar-refractivity contribution in [1.29, 1.82) is 0 Å². The van der Waals surface area contributed by atoms with Crippen molar-refractivity contribution in [1.82, 2.24) is 5.43 Å². The van der Waals surface area contributed by atoms with Gasteiger partial charge in [0.15, 0.2) is 5.76 Å². The number of anilines is 1. The van der Waals surface area contributed by atoms with Crippen molar-refractivity contribution in [3.63, 3.8) is 0 Å². The highest BCUT2D eigenvalue weighted by Crippen LogP contribution is 2.18. The average Bonchev–Trinajstić information content (AvgIpc) is 2.98. The zero-order valence-corrected chi connectivity index (χ0v) is 13.3. The summed E-state index contributed by atoms with van der Waals surface area (Å²) in [6.07, 6.45) is -4.95. The molecule has 132 valence electrons. The molecule has 2 rings (SSSR count). The van der Waals surface area contributed by atoms with Crippen LogP contribution in [0.4, 0.5) is 18.9 Å². The smallest absolute Gasteiger partial charge is 0.456 e. The molecule has 0 aliphatic carbocycles. The summed E-state index contributed by atoms with van der Waals surface area (Å²) in [5, 5.41) is 5.64. The lowest BCUT2D eigenvalue weighted by atomic mass is 10.1. The lowest BCUT2D eigenvalue weighted by Crippen LogP contribution is -2.29.